The van der Waals surface area contributed by atoms with Crippen LogP contribution in [0.2, 0.25) is 0 Å². The van der Waals surface area contributed by atoms with E-state index in [-0.39, 0.29) is 17.8 Å². The number of likely N-dealkylation sites (N-methyl/N-ethyl adjacent to an activating group) is 1. The fraction of sp³-hybridized carbons (Fsp3) is 0.560. The van der Waals surface area contributed by atoms with Gasteiger partial charge in [0.05, 0.1) is 11.8 Å². The highest BCUT2D eigenvalue weighted by molar-refractivity contribution is 5.95. The summed E-state index contributed by atoms with van der Waals surface area (Å²) in [4.78, 5) is 17.5. The molecule has 0 radical (unpaired) electrons. The topological polar surface area (TPSA) is 36.7 Å². The summed E-state index contributed by atoms with van der Waals surface area (Å²) in [5.41, 5.74) is 1.26. The van der Waals surface area contributed by atoms with Crippen LogP contribution in [-0.2, 0) is 6.42 Å². The number of halogens is 1. The molecule has 3 rings (SSSR count). The monoisotopic (exact) mass is 414 g/mol. The van der Waals surface area contributed by atoms with Crippen LogP contribution >= 0.6 is 0 Å². The normalized spacial score (nSPS) is 16.7. The molecule has 164 valence electrons. The minimum Gasteiger partial charge on any atom is -0.469 e. The molecule has 1 aromatic heterocycles. The lowest BCUT2D eigenvalue weighted by Gasteiger charge is -2.40. The van der Waals surface area contributed by atoms with Crippen molar-refractivity contribution in [1.29, 1.82) is 0 Å². The number of amides is 1. The van der Waals surface area contributed by atoms with Crippen LogP contribution in [0, 0.1) is 24.6 Å². The van der Waals surface area contributed by atoms with E-state index in [0.29, 0.717) is 35.1 Å². The first-order chi connectivity index (χ1) is 14.4. The summed E-state index contributed by atoms with van der Waals surface area (Å²) in [5, 5.41) is 0. The number of benzene rings is 1. The van der Waals surface area contributed by atoms with Gasteiger partial charge in [-0.15, -0.1) is 0 Å². The molecule has 5 heteroatoms. The molecule has 1 fully saturated rings. The lowest BCUT2D eigenvalue weighted by atomic mass is 9.84. The molecule has 0 saturated carbocycles. The summed E-state index contributed by atoms with van der Waals surface area (Å²) in [5.74, 6) is 1.43. The Balaban J connectivity index is 1.75. The summed E-state index contributed by atoms with van der Waals surface area (Å²) in [6.45, 7) is 9.53. The number of carbonyl (C=O) groups is 1. The predicted octanol–water partition coefficient (Wildman–Crippen LogP) is 5.17. The van der Waals surface area contributed by atoms with E-state index in [1.54, 1.807) is 25.3 Å². The highest BCUT2D eigenvalue weighted by atomic mass is 19.1. The van der Waals surface area contributed by atoms with Crippen molar-refractivity contribution >= 4 is 5.91 Å². The van der Waals surface area contributed by atoms with Crippen LogP contribution < -0.4 is 0 Å². The Hall–Kier alpha value is -2.14. The number of aryl methyl sites for hydroxylation is 1. The van der Waals surface area contributed by atoms with E-state index in [9.17, 15) is 9.18 Å². The third-order valence-electron chi connectivity index (χ3n) is 6.49. The Labute approximate surface area is 180 Å². The number of likely N-dealkylation sites (tertiary alicyclic amines) is 1. The molecule has 0 bridgehead atoms. The highest BCUT2D eigenvalue weighted by Gasteiger charge is 2.33. The average Bonchev–Trinajstić information content (AvgIpc) is 3.17. The molecule has 1 saturated heterocycles. The summed E-state index contributed by atoms with van der Waals surface area (Å²) >= 11 is 0. The standard InChI is InChI=1S/C25H35FN2O2/c1-18(2)9-13-28-14-10-20(11-15-28)24(17-21-7-5-6-8-23(21)26)27(4)25(29)22-12-16-30-19(22)3/h5-8,12,16,18,20,24H,9-11,13-15,17H2,1-4H3. The molecule has 30 heavy (non-hydrogen) atoms. The Bertz CT molecular complexity index is 824. The minimum atomic E-state index is -0.197. The van der Waals surface area contributed by atoms with E-state index in [0.717, 1.165) is 32.5 Å². The molecule has 1 atom stereocenters. The van der Waals surface area contributed by atoms with Crippen LogP contribution in [0.3, 0.4) is 0 Å². The second-order valence-electron chi connectivity index (χ2n) is 9.03. The molecule has 1 aromatic carbocycles. The number of rotatable bonds is 8. The van der Waals surface area contributed by atoms with Crippen molar-refractivity contribution in [2.75, 3.05) is 26.7 Å². The fourth-order valence-electron chi connectivity index (χ4n) is 4.46. The second-order valence-corrected chi connectivity index (χ2v) is 9.03. The van der Waals surface area contributed by atoms with E-state index in [1.807, 2.05) is 24.1 Å². The number of hydrogen-bond acceptors (Lipinski definition) is 3. The molecule has 2 heterocycles. The summed E-state index contributed by atoms with van der Waals surface area (Å²) < 4.78 is 19.8. The molecular formula is C25H35FN2O2. The molecule has 1 aliphatic rings. The van der Waals surface area contributed by atoms with Gasteiger partial charge < -0.3 is 14.2 Å². The quantitative estimate of drug-likeness (QED) is 0.598. The molecule has 1 amide bonds. The van der Waals surface area contributed by atoms with Gasteiger partial charge in [-0.05, 0) is 81.8 Å². The van der Waals surface area contributed by atoms with Crippen LogP contribution in [-0.4, -0.2) is 48.4 Å². The zero-order valence-electron chi connectivity index (χ0n) is 18.7. The SMILES string of the molecule is Cc1occc1C(=O)N(C)C(Cc1ccccc1F)C1CCN(CCC(C)C)CC1. The van der Waals surface area contributed by atoms with Crippen molar-refractivity contribution in [2.45, 2.75) is 52.5 Å². The largest absolute Gasteiger partial charge is 0.469 e. The van der Waals surface area contributed by atoms with Gasteiger partial charge >= 0.3 is 0 Å². The second kappa shape index (κ2) is 10.3. The molecule has 1 aliphatic heterocycles. The molecule has 0 N–H and O–H groups in total. The summed E-state index contributed by atoms with van der Waals surface area (Å²) in [7, 11) is 1.85. The van der Waals surface area contributed by atoms with Crippen molar-refractivity contribution in [3.8, 4) is 0 Å². The van der Waals surface area contributed by atoms with Crippen molar-refractivity contribution < 1.29 is 13.6 Å². The van der Waals surface area contributed by atoms with E-state index in [4.69, 9.17) is 4.42 Å². The zero-order chi connectivity index (χ0) is 21.7. The van der Waals surface area contributed by atoms with Gasteiger partial charge in [-0.25, -0.2) is 4.39 Å². The van der Waals surface area contributed by atoms with Crippen LogP contribution in [0.4, 0.5) is 4.39 Å². The zero-order valence-corrected chi connectivity index (χ0v) is 18.7. The lowest BCUT2D eigenvalue weighted by Crippen LogP contribution is -2.47. The van der Waals surface area contributed by atoms with E-state index in [1.165, 1.54) is 12.5 Å². The molecule has 1 unspecified atom stereocenters. The van der Waals surface area contributed by atoms with Gasteiger partial charge in [-0.1, -0.05) is 32.0 Å². The number of hydrogen-bond donors (Lipinski definition) is 0. The molecule has 2 aromatic rings. The van der Waals surface area contributed by atoms with Crippen molar-refractivity contribution in [3.63, 3.8) is 0 Å². The van der Waals surface area contributed by atoms with Crippen LogP contribution in [0.5, 0.6) is 0 Å². The van der Waals surface area contributed by atoms with E-state index in [2.05, 4.69) is 18.7 Å². The van der Waals surface area contributed by atoms with Gasteiger partial charge in [0, 0.05) is 13.1 Å². The van der Waals surface area contributed by atoms with E-state index >= 15 is 0 Å². The lowest BCUT2D eigenvalue weighted by molar-refractivity contribution is 0.0584. The summed E-state index contributed by atoms with van der Waals surface area (Å²) in [6, 6.07) is 8.60. The van der Waals surface area contributed by atoms with Gasteiger partial charge in [0.1, 0.15) is 11.6 Å². The maximum absolute atomic E-state index is 14.4. The van der Waals surface area contributed by atoms with Gasteiger partial charge in [0.15, 0.2) is 0 Å². The number of piperidine rings is 1. The third-order valence-corrected chi connectivity index (χ3v) is 6.49. The molecule has 0 aliphatic carbocycles. The van der Waals surface area contributed by atoms with Gasteiger partial charge in [0.25, 0.3) is 5.91 Å². The first-order valence-electron chi connectivity index (χ1n) is 11.1. The maximum Gasteiger partial charge on any atom is 0.257 e. The van der Waals surface area contributed by atoms with Crippen molar-refractivity contribution in [3.05, 3.63) is 59.3 Å². The number of nitrogens with zero attached hydrogens (tertiary/aromatic N) is 2. The average molecular weight is 415 g/mol. The van der Waals surface area contributed by atoms with Crippen molar-refractivity contribution in [2.24, 2.45) is 11.8 Å². The van der Waals surface area contributed by atoms with E-state index < -0.39 is 0 Å². The van der Waals surface area contributed by atoms with Crippen LogP contribution in [0.1, 0.15) is 54.8 Å². The van der Waals surface area contributed by atoms with Crippen LogP contribution in [0.25, 0.3) is 0 Å². The number of carbonyl (C=O) groups excluding carboxylic acids is 1. The molecule has 4 nitrogen and oxygen atoms in total. The number of furan rings is 1. The molecular weight excluding hydrogens is 379 g/mol. The highest BCUT2D eigenvalue weighted by Crippen LogP contribution is 2.28. The minimum absolute atomic E-state index is 0.0454. The Morgan fingerprint density at radius 2 is 1.93 bits per heavy atom. The maximum atomic E-state index is 14.4. The van der Waals surface area contributed by atoms with Crippen molar-refractivity contribution in [1.82, 2.24) is 9.80 Å². The Morgan fingerprint density at radius 3 is 2.53 bits per heavy atom. The smallest absolute Gasteiger partial charge is 0.257 e. The van der Waals surface area contributed by atoms with Crippen LogP contribution in [0.15, 0.2) is 41.0 Å². The van der Waals surface area contributed by atoms with Gasteiger partial charge in [0.2, 0.25) is 0 Å². The first-order valence-corrected chi connectivity index (χ1v) is 11.1. The predicted molar refractivity (Wildman–Crippen MR) is 118 cm³/mol. The summed E-state index contributed by atoms with van der Waals surface area (Å²) in [6.07, 6.45) is 5.35. The Kier molecular flexibility index (Phi) is 7.70. The fourth-order valence-corrected chi connectivity index (χ4v) is 4.46. The third kappa shape index (κ3) is 5.51. The van der Waals surface area contributed by atoms with Gasteiger partial charge in [-0.2, -0.15) is 0 Å². The Morgan fingerprint density at radius 1 is 1.23 bits per heavy atom. The molecule has 0 spiro atoms. The van der Waals surface area contributed by atoms with Gasteiger partial charge in [-0.3, -0.25) is 4.79 Å². The first kappa shape index (κ1) is 22.5.